The lowest BCUT2D eigenvalue weighted by Gasteiger charge is -2.07. The lowest BCUT2D eigenvalue weighted by atomic mass is 10.1. The molecule has 0 spiro atoms. The van der Waals surface area contributed by atoms with Gasteiger partial charge in [0.25, 0.3) is 0 Å². The number of aromatic nitrogens is 1. The molecule has 0 unspecified atom stereocenters. The van der Waals surface area contributed by atoms with Crippen molar-refractivity contribution in [1.29, 1.82) is 0 Å². The Bertz CT molecular complexity index is 526. The summed E-state index contributed by atoms with van der Waals surface area (Å²) in [7, 11) is 0. The molecule has 0 saturated carbocycles. The first-order valence-electron chi connectivity index (χ1n) is 4.97. The summed E-state index contributed by atoms with van der Waals surface area (Å²) in [5, 5.41) is 10.2. The highest BCUT2D eigenvalue weighted by molar-refractivity contribution is 6.03. The highest BCUT2D eigenvalue weighted by atomic mass is 16.4. The Labute approximate surface area is 87.9 Å². The van der Waals surface area contributed by atoms with E-state index < -0.39 is 5.97 Å². The van der Waals surface area contributed by atoms with Crippen LogP contribution in [0.4, 0.5) is 0 Å². The maximum atomic E-state index is 11.2. The van der Waals surface area contributed by atoms with Gasteiger partial charge in [-0.2, -0.15) is 0 Å². The normalized spacial score (nSPS) is 10.8. The predicted molar refractivity (Wildman–Crippen MR) is 59.3 cm³/mol. The van der Waals surface area contributed by atoms with Gasteiger partial charge < -0.3 is 9.67 Å². The number of aromatic carboxylic acids is 1. The van der Waals surface area contributed by atoms with Crippen LogP contribution in [0.5, 0.6) is 0 Å². The highest BCUT2D eigenvalue weighted by Crippen LogP contribution is 2.23. The standard InChI is InChI=1S/C12H13NO2/c1-3-13-7-6-9-5-4-8(2)10(11(9)13)12(14)15/h4-7H,3H2,1-2H3,(H,14,15). The second-order valence-electron chi connectivity index (χ2n) is 3.60. The second kappa shape index (κ2) is 3.42. The number of fused-ring (bicyclic) bond motifs is 1. The summed E-state index contributed by atoms with van der Waals surface area (Å²) in [4.78, 5) is 11.2. The van der Waals surface area contributed by atoms with Crippen LogP contribution >= 0.6 is 0 Å². The first-order valence-corrected chi connectivity index (χ1v) is 4.97. The number of hydrogen-bond acceptors (Lipinski definition) is 1. The SMILES string of the molecule is CCn1ccc2ccc(C)c(C(=O)O)c21. The maximum absolute atomic E-state index is 11.2. The van der Waals surface area contributed by atoms with Crippen molar-refractivity contribution in [2.24, 2.45) is 0 Å². The second-order valence-corrected chi connectivity index (χ2v) is 3.60. The fourth-order valence-electron chi connectivity index (χ4n) is 1.93. The molecule has 1 aromatic heterocycles. The van der Waals surface area contributed by atoms with E-state index >= 15 is 0 Å². The van der Waals surface area contributed by atoms with E-state index in [-0.39, 0.29) is 0 Å². The molecule has 1 heterocycles. The van der Waals surface area contributed by atoms with Crippen molar-refractivity contribution in [3.63, 3.8) is 0 Å². The maximum Gasteiger partial charge on any atom is 0.338 e. The van der Waals surface area contributed by atoms with Crippen LogP contribution in [0.2, 0.25) is 0 Å². The molecule has 2 aromatic rings. The lowest BCUT2D eigenvalue weighted by Crippen LogP contribution is -2.04. The topological polar surface area (TPSA) is 42.2 Å². The van der Waals surface area contributed by atoms with Crippen molar-refractivity contribution in [2.45, 2.75) is 20.4 Å². The quantitative estimate of drug-likeness (QED) is 0.815. The van der Waals surface area contributed by atoms with Crippen LogP contribution in [0.1, 0.15) is 22.8 Å². The number of carbonyl (C=O) groups is 1. The number of carboxylic acid groups (broad SMARTS) is 1. The molecule has 3 heteroatoms. The summed E-state index contributed by atoms with van der Waals surface area (Å²) < 4.78 is 1.96. The molecular formula is C12H13NO2. The van der Waals surface area contributed by atoms with Gasteiger partial charge in [0.15, 0.2) is 0 Å². The Morgan fingerprint density at radius 3 is 2.73 bits per heavy atom. The number of benzene rings is 1. The molecule has 0 aliphatic rings. The molecule has 1 N–H and O–H groups in total. The van der Waals surface area contributed by atoms with Crippen molar-refractivity contribution in [2.75, 3.05) is 0 Å². The molecule has 0 radical (unpaired) electrons. The van der Waals surface area contributed by atoms with Crippen LogP contribution in [-0.4, -0.2) is 15.6 Å². The Morgan fingerprint density at radius 2 is 2.13 bits per heavy atom. The molecule has 78 valence electrons. The van der Waals surface area contributed by atoms with Crippen LogP contribution in [0.3, 0.4) is 0 Å². The molecule has 3 nitrogen and oxygen atoms in total. The van der Waals surface area contributed by atoms with Crippen LogP contribution in [0, 0.1) is 6.92 Å². The van der Waals surface area contributed by atoms with E-state index in [2.05, 4.69) is 0 Å². The van der Waals surface area contributed by atoms with Crippen LogP contribution < -0.4 is 0 Å². The molecule has 0 aliphatic carbocycles. The minimum absolute atomic E-state index is 0.416. The van der Waals surface area contributed by atoms with E-state index in [0.29, 0.717) is 5.56 Å². The van der Waals surface area contributed by atoms with Gasteiger partial charge in [-0.15, -0.1) is 0 Å². The molecule has 0 fully saturated rings. The summed E-state index contributed by atoms with van der Waals surface area (Å²) in [6.07, 6.45) is 1.93. The molecule has 0 bridgehead atoms. The third-order valence-electron chi connectivity index (χ3n) is 2.69. The summed E-state index contributed by atoms with van der Waals surface area (Å²) in [6, 6.07) is 5.76. The van der Waals surface area contributed by atoms with Gasteiger partial charge in [0.2, 0.25) is 0 Å². The number of rotatable bonds is 2. The molecule has 1 aromatic carbocycles. The first-order chi connectivity index (χ1) is 7.15. The van der Waals surface area contributed by atoms with E-state index in [9.17, 15) is 9.90 Å². The summed E-state index contributed by atoms with van der Waals surface area (Å²) >= 11 is 0. The molecule has 0 atom stereocenters. The van der Waals surface area contributed by atoms with E-state index in [1.807, 2.05) is 42.8 Å². The Morgan fingerprint density at radius 1 is 1.40 bits per heavy atom. The number of aryl methyl sites for hydroxylation is 2. The smallest absolute Gasteiger partial charge is 0.338 e. The summed E-state index contributed by atoms with van der Waals surface area (Å²) in [5.74, 6) is -0.855. The van der Waals surface area contributed by atoms with Crippen LogP contribution in [0.15, 0.2) is 24.4 Å². The molecular weight excluding hydrogens is 190 g/mol. The predicted octanol–water partition coefficient (Wildman–Crippen LogP) is 2.67. The van der Waals surface area contributed by atoms with E-state index in [1.165, 1.54) is 0 Å². The third-order valence-corrected chi connectivity index (χ3v) is 2.69. The monoisotopic (exact) mass is 203 g/mol. The van der Waals surface area contributed by atoms with Gasteiger partial charge in [0.1, 0.15) is 0 Å². The fourth-order valence-corrected chi connectivity index (χ4v) is 1.93. The van der Waals surface area contributed by atoms with Gasteiger partial charge in [-0.3, -0.25) is 0 Å². The van der Waals surface area contributed by atoms with E-state index in [0.717, 1.165) is 23.0 Å². The lowest BCUT2D eigenvalue weighted by molar-refractivity contribution is 0.0698. The average molecular weight is 203 g/mol. The van der Waals surface area contributed by atoms with Gasteiger partial charge in [-0.05, 0) is 25.5 Å². The minimum Gasteiger partial charge on any atom is -0.478 e. The van der Waals surface area contributed by atoms with Crippen molar-refractivity contribution >= 4 is 16.9 Å². The fraction of sp³-hybridized carbons (Fsp3) is 0.250. The number of carboxylic acids is 1. The molecule has 15 heavy (non-hydrogen) atoms. The summed E-state index contributed by atoms with van der Waals surface area (Å²) in [6.45, 7) is 4.62. The molecule has 0 amide bonds. The highest BCUT2D eigenvalue weighted by Gasteiger charge is 2.14. The zero-order valence-corrected chi connectivity index (χ0v) is 8.82. The van der Waals surface area contributed by atoms with Crippen molar-refractivity contribution < 1.29 is 9.90 Å². The zero-order chi connectivity index (χ0) is 11.0. The van der Waals surface area contributed by atoms with Crippen molar-refractivity contribution in [3.05, 3.63) is 35.5 Å². The number of nitrogens with zero attached hydrogens (tertiary/aromatic N) is 1. The van der Waals surface area contributed by atoms with E-state index in [1.54, 1.807) is 0 Å². The van der Waals surface area contributed by atoms with Gasteiger partial charge >= 0.3 is 5.97 Å². The first kappa shape index (κ1) is 9.77. The third kappa shape index (κ3) is 1.40. The van der Waals surface area contributed by atoms with Gasteiger partial charge in [-0.1, -0.05) is 12.1 Å². The van der Waals surface area contributed by atoms with Crippen molar-refractivity contribution in [3.8, 4) is 0 Å². The van der Waals surface area contributed by atoms with Gasteiger partial charge in [-0.25, -0.2) is 4.79 Å². The van der Waals surface area contributed by atoms with Gasteiger partial charge in [0, 0.05) is 18.1 Å². The minimum atomic E-state index is -0.855. The molecule has 0 saturated heterocycles. The molecule has 0 aliphatic heterocycles. The van der Waals surface area contributed by atoms with Crippen LogP contribution in [-0.2, 0) is 6.54 Å². The van der Waals surface area contributed by atoms with Crippen LogP contribution in [0.25, 0.3) is 10.9 Å². The Hall–Kier alpha value is -1.77. The van der Waals surface area contributed by atoms with E-state index in [4.69, 9.17) is 0 Å². The summed E-state index contributed by atoms with van der Waals surface area (Å²) in [5.41, 5.74) is 2.05. The average Bonchev–Trinajstić information content (AvgIpc) is 2.59. The zero-order valence-electron chi connectivity index (χ0n) is 8.82. The largest absolute Gasteiger partial charge is 0.478 e. The molecule has 2 rings (SSSR count). The van der Waals surface area contributed by atoms with Gasteiger partial charge in [0.05, 0.1) is 11.1 Å². The Kier molecular flexibility index (Phi) is 2.23. The Balaban J connectivity index is 2.89. The number of hydrogen-bond donors (Lipinski definition) is 1. The van der Waals surface area contributed by atoms with Crippen molar-refractivity contribution in [1.82, 2.24) is 4.57 Å².